The maximum absolute atomic E-state index is 13.2. The Balaban J connectivity index is 1.31. The second-order valence-corrected chi connectivity index (χ2v) is 9.73. The number of anilines is 1. The van der Waals surface area contributed by atoms with Gasteiger partial charge in [0.05, 0.1) is 16.8 Å². The molecule has 0 radical (unpaired) electrons. The first kappa shape index (κ1) is 28.8. The summed E-state index contributed by atoms with van der Waals surface area (Å²) in [6.45, 7) is 0. The first-order chi connectivity index (χ1) is 19.9. The van der Waals surface area contributed by atoms with Gasteiger partial charge in [-0.3, -0.25) is 14.6 Å². The maximum atomic E-state index is 13.2. The fraction of sp³-hybridized carbons (Fsp3) is 0.200. The number of aromatic nitrogens is 2. The summed E-state index contributed by atoms with van der Waals surface area (Å²) in [6.07, 6.45) is -6.54. The lowest BCUT2D eigenvalue weighted by Gasteiger charge is -2.27. The van der Waals surface area contributed by atoms with Gasteiger partial charge in [-0.1, -0.05) is 30.3 Å². The minimum atomic E-state index is -5.07. The van der Waals surface area contributed by atoms with E-state index in [4.69, 9.17) is 0 Å². The van der Waals surface area contributed by atoms with Crippen molar-refractivity contribution in [2.24, 2.45) is 0 Å². The smallest absolute Gasteiger partial charge is 0.348 e. The summed E-state index contributed by atoms with van der Waals surface area (Å²) >= 11 is 0. The van der Waals surface area contributed by atoms with Crippen molar-refractivity contribution in [1.29, 1.82) is 0 Å². The van der Waals surface area contributed by atoms with E-state index in [1.165, 1.54) is 18.2 Å². The molecule has 1 aliphatic rings. The van der Waals surface area contributed by atoms with E-state index < -0.39 is 41.0 Å². The number of hydrogen-bond donors (Lipinski definition) is 2. The molecule has 2 aromatic heterocycles. The van der Waals surface area contributed by atoms with E-state index in [0.717, 1.165) is 22.4 Å². The molecule has 2 aromatic carbocycles. The van der Waals surface area contributed by atoms with Crippen molar-refractivity contribution in [3.63, 3.8) is 0 Å². The number of nitrogens with zero attached hydrogens (tertiary/aromatic N) is 2. The van der Waals surface area contributed by atoms with Crippen LogP contribution in [0.25, 0.3) is 11.3 Å². The Morgan fingerprint density at radius 1 is 0.786 bits per heavy atom. The number of hydrogen-bond acceptors (Lipinski definition) is 4. The average Bonchev–Trinajstić information content (AvgIpc) is 2.96. The van der Waals surface area contributed by atoms with Gasteiger partial charge in [0.15, 0.2) is 0 Å². The molecule has 4 aromatic rings. The topological polar surface area (TPSA) is 84.0 Å². The molecule has 0 saturated carbocycles. The van der Waals surface area contributed by atoms with Crippen molar-refractivity contribution in [3.05, 3.63) is 113 Å². The molecule has 1 atom stereocenters. The van der Waals surface area contributed by atoms with Crippen LogP contribution < -0.4 is 10.6 Å². The predicted molar refractivity (Wildman–Crippen MR) is 142 cm³/mol. The van der Waals surface area contributed by atoms with Crippen LogP contribution in [-0.2, 0) is 25.2 Å². The van der Waals surface area contributed by atoms with Gasteiger partial charge in [0.2, 0.25) is 0 Å². The zero-order valence-corrected chi connectivity index (χ0v) is 21.7. The van der Waals surface area contributed by atoms with Crippen LogP contribution in [-0.4, -0.2) is 27.8 Å². The number of carbonyl (C=O) groups excluding carboxylic acids is 2. The molecular formula is C30H22F6N4O2. The third-order valence-corrected chi connectivity index (χ3v) is 6.82. The monoisotopic (exact) mass is 584 g/mol. The van der Waals surface area contributed by atoms with Gasteiger partial charge in [-0.25, -0.2) is 4.98 Å². The van der Waals surface area contributed by atoms with Crippen LogP contribution >= 0.6 is 0 Å². The Bertz CT molecular complexity index is 1610. The van der Waals surface area contributed by atoms with Crippen LogP contribution in [0.5, 0.6) is 0 Å². The third-order valence-electron chi connectivity index (χ3n) is 6.82. The van der Waals surface area contributed by atoms with E-state index in [9.17, 15) is 35.9 Å². The second-order valence-electron chi connectivity index (χ2n) is 9.73. The van der Waals surface area contributed by atoms with E-state index in [1.807, 2.05) is 41.7 Å². The normalized spacial score (nSPS) is 15.0. The highest BCUT2D eigenvalue weighted by atomic mass is 19.4. The Morgan fingerprint density at radius 3 is 2.10 bits per heavy atom. The van der Waals surface area contributed by atoms with Gasteiger partial charge in [0, 0.05) is 23.5 Å². The molecular weight excluding hydrogens is 562 g/mol. The molecule has 42 heavy (non-hydrogen) atoms. The van der Waals surface area contributed by atoms with Crippen LogP contribution in [0.2, 0.25) is 0 Å². The highest BCUT2D eigenvalue weighted by Gasteiger charge is 2.37. The van der Waals surface area contributed by atoms with Gasteiger partial charge in [-0.2, -0.15) is 26.3 Å². The van der Waals surface area contributed by atoms with Gasteiger partial charge in [-0.05, 0) is 72.9 Å². The number of halogens is 6. The lowest BCUT2D eigenvalue weighted by molar-refractivity contribution is -0.143. The Hall–Kier alpha value is -4.74. The fourth-order valence-corrected chi connectivity index (χ4v) is 4.84. The van der Waals surface area contributed by atoms with Gasteiger partial charge in [0.25, 0.3) is 11.8 Å². The molecule has 0 spiro atoms. The number of carbonyl (C=O) groups is 2. The standard InChI is InChI=1S/C30H22F6N4O2/c31-29(32,33)18-13-19(30(34,35)36)15-21(14-18)39-28(42)26-9-4-8-25(40-26)27(41)38-20-11-10-17-5-3-6-22(23(17)16-20)24-7-1-2-12-37-24/h1-9,12-15,20H,10-11,16H2,(H,38,41)(H,39,42). The Kier molecular flexibility index (Phi) is 7.72. The number of aryl methyl sites for hydroxylation is 1. The zero-order chi connectivity index (χ0) is 30.1. The van der Waals surface area contributed by atoms with Crippen LogP contribution in [0.15, 0.2) is 79.0 Å². The van der Waals surface area contributed by atoms with Gasteiger partial charge in [0.1, 0.15) is 11.4 Å². The molecule has 1 unspecified atom stereocenters. The fourth-order valence-electron chi connectivity index (χ4n) is 4.84. The number of pyridine rings is 2. The molecule has 5 rings (SSSR count). The molecule has 0 bridgehead atoms. The molecule has 2 amide bonds. The highest BCUT2D eigenvalue weighted by molar-refractivity contribution is 6.04. The van der Waals surface area contributed by atoms with Crippen molar-refractivity contribution in [2.75, 3.05) is 5.32 Å². The number of rotatable bonds is 5. The number of fused-ring (bicyclic) bond motifs is 1. The summed E-state index contributed by atoms with van der Waals surface area (Å²) in [7, 11) is 0. The summed E-state index contributed by atoms with van der Waals surface area (Å²) < 4.78 is 79.1. The molecule has 0 fully saturated rings. The first-order valence-electron chi connectivity index (χ1n) is 12.8. The summed E-state index contributed by atoms with van der Waals surface area (Å²) in [4.78, 5) is 34.2. The largest absolute Gasteiger partial charge is 0.416 e. The lowest BCUT2D eigenvalue weighted by Crippen LogP contribution is -2.39. The van der Waals surface area contributed by atoms with Crippen LogP contribution in [0, 0.1) is 0 Å². The third kappa shape index (κ3) is 6.42. The summed E-state index contributed by atoms with van der Waals surface area (Å²) in [5.41, 5.74) is -0.369. The molecule has 12 heteroatoms. The van der Waals surface area contributed by atoms with Crippen molar-refractivity contribution >= 4 is 17.5 Å². The average molecular weight is 585 g/mol. The summed E-state index contributed by atoms with van der Waals surface area (Å²) in [5.74, 6) is -1.66. The minimum Gasteiger partial charge on any atom is -0.348 e. The molecule has 0 saturated heterocycles. The van der Waals surface area contributed by atoms with Crippen molar-refractivity contribution in [3.8, 4) is 11.3 Å². The number of amides is 2. The quantitative estimate of drug-likeness (QED) is 0.255. The number of nitrogens with one attached hydrogen (secondary N) is 2. The predicted octanol–water partition coefficient (Wildman–Crippen LogP) is 6.72. The lowest BCUT2D eigenvalue weighted by atomic mass is 9.84. The molecule has 216 valence electrons. The van der Waals surface area contributed by atoms with E-state index in [-0.39, 0.29) is 23.5 Å². The second kappa shape index (κ2) is 11.3. The zero-order valence-electron chi connectivity index (χ0n) is 21.7. The molecule has 2 N–H and O–H groups in total. The van der Waals surface area contributed by atoms with Crippen molar-refractivity contribution in [1.82, 2.24) is 15.3 Å². The SMILES string of the molecule is O=C(Nc1cc(C(F)(F)F)cc(C(F)(F)F)c1)c1cccc(C(=O)NC2CCc3cccc(-c4ccccn4)c3C2)n1. The van der Waals surface area contributed by atoms with E-state index in [0.29, 0.717) is 31.4 Å². The molecule has 6 nitrogen and oxygen atoms in total. The summed E-state index contributed by atoms with van der Waals surface area (Å²) in [6, 6.07) is 16.0. The Morgan fingerprint density at radius 2 is 1.45 bits per heavy atom. The molecule has 2 heterocycles. The van der Waals surface area contributed by atoms with Crippen molar-refractivity contribution in [2.45, 2.75) is 37.7 Å². The van der Waals surface area contributed by atoms with Gasteiger partial charge in [-0.15, -0.1) is 0 Å². The Labute approximate surface area is 235 Å². The van der Waals surface area contributed by atoms with Crippen molar-refractivity contribution < 1.29 is 35.9 Å². The molecule has 1 aliphatic carbocycles. The van der Waals surface area contributed by atoms with Gasteiger partial charge < -0.3 is 10.6 Å². The maximum Gasteiger partial charge on any atom is 0.416 e. The number of benzene rings is 2. The van der Waals surface area contributed by atoms with Crippen LogP contribution in [0.4, 0.5) is 32.0 Å². The van der Waals surface area contributed by atoms with E-state index in [2.05, 4.69) is 15.3 Å². The van der Waals surface area contributed by atoms with Gasteiger partial charge >= 0.3 is 12.4 Å². The first-order valence-corrected chi connectivity index (χ1v) is 12.8. The molecule has 0 aliphatic heterocycles. The minimum absolute atomic E-state index is 0.0398. The van der Waals surface area contributed by atoms with E-state index >= 15 is 0 Å². The van der Waals surface area contributed by atoms with Crippen LogP contribution in [0.3, 0.4) is 0 Å². The highest BCUT2D eigenvalue weighted by Crippen LogP contribution is 2.37. The van der Waals surface area contributed by atoms with Crippen LogP contribution in [0.1, 0.15) is 49.7 Å². The number of alkyl halides is 6. The van der Waals surface area contributed by atoms with E-state index in [1.54, 1.807) is 6.20 Å². The summed E-state index contributed by atoms with van der Waals surface area (Å²) in [5, 5.41) is 4.94.